The molecule has 4 nitrogen and oxygen atoms in total. The van der Waals surface area contributed by atoms with Gasteiger partial charge in [0.15, 0.2) is 0 Å². The highest BCUT2D eigenvalue weighted by Crippen LogP contribution is 1.84. The largest absolute Gasteiger partial charge is 0.411 e. The molecule has 0 bridgehead atoms. The molecule has 0 aliphatic carbocycles. The molecular formula is C8H17N3O. The Balaban J connectivity index is 3.85. The van der Waals surface area contributed by atoms with Crippen molar-refractivity contribution in [3.8, 4) is 0 Å². The van der Waals surface area contributed by atoms with Gasteiger partial charge in [-0.3, -0.25) is 4.99 Å². The first kappa shape index (κ1) is 11.1. The average Bonchev–Trinajstić information content (AvgIpc) is 2.02. The molecule has 0 heterocycles. The van der Waals surface area contributed by atoms with Crippen molar-refractivity contribution < 1.29 is 5.21 Å². The minimum Gasteiger partial charge on any atom is -0.411 e. The Bertz CT molecular complexity index is 185. The van der Waals surface area contributed by atoms with E-state index >= 15 is 0 Å². The predicted molar refractivity (Wildman–Crippen MR) is 51.4 cm³/mol. The highest BCUT2D eigenvalue weighted by atomic mass is 16.4. The predicted octanol–water partition coefficient (Wildman–Crippen LogP) is 0.859. The molecule has 0 atom stereocenters. The summed E-state index contributed by atoms with van der Waals surface area (Å²) < 4.78 is 0. The molecular weight excluding hydrogens is 154 g/mol. The van der Waals surface area contributed by atoms with E-state index in [-0.39, 0.29) is 0 Å². The van der Waals surface area contributed by atoms with Crippen molar-refractivity contribution in [1.82, 2.24) is 4.90 Å². The van der Waals surface area contributed by atoms with E-state index in [1.54, 1.807) is 6.92 Å². The summed E-state index contributed by atoms with van der Waals surface area (Å²) in [7, 11) is 4.00. The molecule has 0 aromatic rings. The van der Waals surface area contributed by atoms with Gasteiger partial charge in [-0.1, -0.05) is 5.16 Å². The Hall–Kier alpha value is -0.900. The minimum atomic E-state index is 0.578. The van der Waals surface area contributed by atoms with Crippen molar-refractivity contribution in [1.29, 1.82) is 0 Å². The molecule has 0 amide bonds. The first-order chi connectivity index (χ1) is 5.57. The van der Waals surface area contributed by atoms with Crippen LogP contribution in [0, 0.1) is 0 Å². The minimum absolute atomic E-state index is 0.578. The molecule has 0 aromatic carbocycles. The molecule has 0 aliphatic rings. The monoisotopic (exact) mass is 171 g/mol. The summed E-state index contributed by atoms with van der Waals surface area (Å²) in [6.45, 7) is 5.22. The lowest BCUT2D eigenvalue weighted by Crippen LogP contribution is -2.17. The third-order valence-electron chi connectivity index (χ3n) is 1.57. The smallest absolute Gasteiger partial charge is 0.0971 e. The van der Waals surface area contributed by atoms with Gasteiger partial charge in [0.2, 0.25) is 0 Å². The highest BCUT2D eigenvalue weighted by Gasteiger charge is 1.95. The van der Waals surface area contributed by atoms with Crippen LogP contribution < -0.4 is 0 Å². The van der Waals surface area contributed by atoms with Gasteiger partial charge in [-0.25, -0.2) is 0 Å². The molecule has 1 N–H and O–H groups in total. The summed E-state index contributed by atoms with van der Waals surface area (Å²) in [6.07, 6.45) is 0. The van der Waals surface area contributed by atoms with Gasteiger partial charge in [0, 0.05) is 6.54 Å². The van der Waals surface area contributed by atoms with Crippen LogP contribution in [0.25, 0.3) is 0 Å². The summed E-state index contributed by atoms with van der Waals surface area (Å²) >= 11 is 0. The summed E-state index contributed by atoms with van der Waals surface area (Å²) in [5, 5.41) is 11.5. The number of aliphatic imine (C=N–C) groups is 1. The van der Waals surface area contributed by atoms with Crippen LogP contribution in [0.2, 0.25) is 0 Å². The van der Waals surface area contributed by atoms with Gasteiger partial charge in [-0.15, -0.1) is 0 Å². The van der Waals surface area contributed by atoms with E-state index in [4.69, 9.17) is 5.21 Å². The molecule has 0 spiro atoms. The van der Waals surface area contributed by atoms with E-state index in [2.05, 4.69) is 15.0 Å². The van der Waals surface area contributed by atoms with Crippen molar-refractivity contribution >= 4 is 11.4 Å². The normalized spacial score (nSPS) is 14.1. The number of hydrogen-bond donors (Lipinski definition) is 1. The molecule has 4 heteroatoms. The van der Waals surface area contributed by atoms with Crippen LogP contribution in [0.1, 0.15) is 13.8 Å². The Labute approximate surface area is 73.6 Å². The molecule has 0 fully saturated rings. The van der Waals surface area contributed by atoms with Crippen LogP contribution in [-0.4, -0.2) is 48.7 Å². The molecule has 70 valence electrons. The summed E-state index contributed by atoms with van der Waals surface area (Å²) in [5.41, 5.74) is 1.37. The molecule has 0 rings (SSSR count). The van der Waals surface area contributed by atoms with Crippen LogP contribution in [-0.2, 0) is 0 Å². The highest BCUT2D eigenvalue weighted by molar-refractivity contribution is 6.40. The Morgan fingerprint density at radius 1 is 1.25 bits per heavy atom. The fourth-order valence-electron chi connectivity index (χ4n) is 0.604. The third kappa shape index (κ3) is 4.85. The van der Waals surface area contributed by atoms with E-state index in [9.17, 15) is 0 Å². The number of nitrogens with zero attached hydrogens (tertiary/aromatic N) is 3. The average molecular weight is 171 g/mol. The molecule has 0 saturated heterocycles. The number of likely N-dealkylation sites (N-methyl/N-ethyl adjacent to an activating group) is 1. The van der Waals surface area contributed by atoms with Crippen molar-refractivity contribution in [2.24, 2.45) is 10.1 Å². The van der Waals surface area contributed by atoms with Crippen molar-refractivity contribution in [3.05, 3.63) is 0 Å². The van der Waals surface area contributed by atoms with Crippen LogP contribution in [0.3, 0.4) is 0 Å². The lowest BCUT2D eigenvalue weighted by atomic mass is 10.3. The van der Waals surface area contributed by atoms with Gasteiger partial charge in [0.05, 0.1) is 18.0 Å². The Morgan fingerprint density at radius 2 is 1.83 bits per heavy atom. The van der Waals surface area contributed by atoms with Crippen LogP contribution >= 0.6 is 0 Å². The maximum Gasteiger partial charge on any atom is 0.0971 e. The lowest BCUT2D eigenvalue weighted by Gasteiger charge is -2.06. The van der Waals surface area contributed by atoms with E-state index in [0.29, 0.717) is 5.71 Å². The van der Waals surface area contributed by atoms with Crippen molar-refractivity contribution in [2.45, 2.75) is 13.8 Å². The first-order valence-electron chi connectivity index (χ1n) is 3.92. The molecule has 0 saturated carbocycles. The van der Waals surface area contributed by atoms with Crippen molar-refractivity contribution in [3.63, 3.8) is 0 Å². The zero-order valence-corrected chi connectivity index (χ0v) is 8.20. The second-order valence-electron chi connectivity index (χ2n) is 2.96. The molecule has 0 radical (unpaired) electrons. The maximum atomic E-state index is 8.41. The van der Waals surface area contributed by atoms with E-state index < -0.39 is 0 Å². The maximum absolute atomic E-state index is 8.41. The number of rotatable bonds is 4. The standard InChI is InChI=1S/C8H17N3O/c1-7(8(2)10-12)9-5-6-11(3)4/h12H,5-6H2,1-4H3. The fourth-order valence-corrected chi connectivity index (χ4v) is 0.604. The van der Waals surface area contributed by atoms with E-state index in [1.165, 1.54) is 0 Å². The fraction of sp³-hybridized carbons (Fsp3) is 0.750. The molecule has 0 aromatic heterocycles. The number of hydrogen-bond acceptors (Lipinski definition) is 4. The van der Waals surface area contributed by atoms with E-state index in [0.717, 1.165) is 18.8 Å². The zero-order valence-electron chi connectivity index (χ0n) is 8.20. The number of oxime groups is 1. The van der Waals surface area contributed by atoms with Crippen LogP contribution in [0.5, 0.6) is 0 Å². The van der Waals surface area contributed by atoms with Gasteiger partial charge in [0.25, 0.3) is 0 Å². The van der Waals surface area contributed by atoms with Gasteiger partial charge in [-0.05, 0) is 27.9 Å². The zero-order chi connectivity index (χ0) is 9.56. The van der Waals surface area contributed by atoms with Crippen LogP contribution in [0.15, 0.2) is 10.1 Å². The second kappa shape index (κ2) is 5.71. The quantitative estimate of drug-likeness (QED) is 0.387. The molecule has 0 aliphatic heterocycles. The topological polar surface area (TPSA) is 48.2 Å². The van der Waals surface area contributed by atoms with Crippen molar-refractivity contribution in [2.75, 3.05) is 27.2 Å². The SMILES string of the molecule is CC(=NO)C(C)=NCCN(C)C. The van der Waals surface area contributed by atoms with Crippen LogP contribution in [0.4, 0.5) is 0 Å². The Morgan fingerprint density at radius 3 is 2.25 bits per heavy atom. The van der Waals surface area contributed by atoms with E-state index in [1.807, 2.05) is 21.0 Å². The van der Waals surface area contributed by atoms with Gasteiger partial charge >= 0.3 is 0 Å². The lowest BCUT2D eigenvalue weighted by molar-refractivity contribution is 0.320. The molecule has 12 heavy (non-hydrogen) atoms. The summed E-state index contributed by atoms with van der Waals surface area (Å²) in [6, 6.07) is 0. The summed E-state index contributed by atoms with van der Waals surface area (Å²) in [5.74, 6) is 0. The first-order valence-corrected chi connectivity index (χ1v) is 3.92. The summed E-state index contributed by atoms with van der Waals surface area (Å²) in [4.78, 5) is 6.28. The van der Waals surface area contributed by atoms with Gasteiger partial charge < -0.3 is 10.1 Å². The van der Waals surface area contributed by atoms with Gasteiger partial charge in [0.1, 0.15) is 0 Å². The second-order valence-corrected chi connectivity index (χ2v) is 2.96. The Kier molecular flexibility index (Phi) is 5.28. The van der Waals surface area contributed by atoms with Gasteiger partial charge in [-0.2, -0.15) is 0 Å². The third-order valence-corrected chi connectivity index (χ3v) is 1.57. The molecule has 0 unspecified atom stereocenters.